The van der Waals surface area contributed by atoms with Crippen molar-refractivity contribution in [3.05, 3.63) is 35.9 Å². The summed E-state index contributed by atoms with van der Waals surface area (Å²) in [6.07, 6.45) is 3.46. The predicted molar refractivity (Wildman–Crippen MR) is 66.5 cm³/mol. The molecule has 1 saturated heterocycles. The molecule has 1 fully saturated rings. The van der Waals surface area contributed by atoms with Gasteiger partial charge in [-0.3, -0.25) is 4.79 Å². The molecular formula is C13H15BrO2. The minimum Gasteiger partial charge on any atom is -0.456 e. The van der Waals surface area contributed by atoms with Crippen molar-refractivity contribution in [1.29, 1.82) is 0 Å². The van der Waals surface area contributed by atoms with E-state index in [1.165, 1.54) is 0 Å². The molecule has 16 heavy (non-hydrogen) atoms. The second kappa shape index (κ2) is 5.48. The first-order chi connectivity index (χ1) is 7.77. The first-order valence-electron chi connectivity index (χ1n) is 5.66. The van der Waals surface area contributed by atoms with E-state index < -0.39 is 0 Å². The Morgan fingerprint density at radius 3 is 2.69 bits per heavy atom. The number of ether oxygens (including phenoxy) is 1. The Morgan fingerprint density at radius 2 is 1.94 bits per heavy atom. The van der Waals surface area contributed by atoms with E-state index in [9.17, 15) is 4.79 Å². The number of benzene rings is 1. The molecule has 0 bridgehead atoms. The smallest absolute Gasteiger partial charge is 0.306 e. The molecule has 2 atom stereocenters. The fourth-order valence-electron chi connectivity index (χ4n) is 1.95. The fraction of sp³-hybridized carbons (Fsp3) is 0.462. The maximum absolute atomic E-state index is 11.5. The monoisotopic (exact) mass is 282 g/mol. The van der Waals surface area contributed by atoms with Crippen molar-refractivity contribution < 1.29 is 9.53 Å². The lowest BCUT2D eigenvalue weighted by Crippen LogP contribution is -2.22. The van der Waals surface area contributed by atoms with E-state index in [2.05, 4.69) is 15.9 Å². The van der Waals surface area contributed by atoms with Crippen molar-refractivity contribution in [2.75, 3.05) is 0 Å². The number of esters is 1. The topological polar surface area (TPSA) is 26.3 Å². The normalized spacial score (nSPS) is 26.7. The van der Waals surface area contributed by atoms with Crippen molar-refractivity contribution in [2.24, 2.45) is 0 Å². The Hall–Kier alpha value is -0.830. The molecule has 2 rings (SSSR count). The van der Waals surface area contributed by atoms with E-state index in [0.29, 0.717) is 6.42 Å². The number of alkyl halides is 1. The van der Waals surface area contributed by atoms with Gasteiger partial charge in [0.25, 0.3) is 0 Å². The third kappa shape index (κ3) is 2.85. The van der Waals surface area contributed by atoms with Crippen LogP contribution in [-0.2, 0) is 9.53 Å². The summed E-state index contributed by atoms with van der Waals surface area (Å²) < 4.78 is 5.50. The van der Waals surface area contributed by atoms with Crippen molar-refractivity contribution in [3.63, 3.8) is 0 Å². The standard InChI is InChI=1S/C13H15BrO2/c14-11-8-4-5-9-12(15)16-13(11)10-6-2-1-3-7-10/h1-3,6-7,11,13H,4-5,8-9H2. The summed E-state index contributed by atoms with van der Waals surface area (Å²) in [5.74, 6) is -0.0852. The highest BCUT2D eigenvalue weighted by molar-refractivity contribution is 9.09. The number of hydrogen-bond acceptors (Lipinski definition) is 2. The first kappa shape index (κ1) is 11.6. The number of carbonyl (C=O) groups excluding carboxylic acids is 1. The average Bonchev–Trinajstić information content (AvgIpc) is 2.30. The zero-order valence-corrected chi connectivity index (χ0v) is 10.7. The quantitative estimate of drug-likeness (QED) is 0.581. The van der Waals surface area contributed by atoms with Crippen LogP contribution in [0.15, 0.2) is 30.3 Å². The first-order valence-corrected chi connectivity index (χ1v) is 6.57. The van der Waals surface area contributed by atoms with Gasteiger partial charge in [0.15, 0.2) is 0 Å². The van der Waals surface area contributed by atoms with E-state index in [0.717, 1.165) is 24.8 Å². The Kier molecular flexibility index (Phi) is 3.99. The molecule has 1 heterocycles. The molecule has 3 heteroatoms. The summed E-state index contributed by atoms with van der Waals surface area (Å²) in [5, 5.41) is 0. The maximum Gasteiger partial charge on any atom is 0.306 e. The van der Waals surface area contributed by atoms with Gasteiger partial charge in [-0.2, -0.15) is 0 Å². The van der Waals surface area contributed by atoms with Crippen LogP contribution in [0.25, 0.3) is 0 Å². The zero-order chi connectivity index (χ0) is 11.4. The van der Waals surface area contributed by atoms with Crippen LogP contribution in [0.5, 0.6) is 0 Å². The molecule has 0 saturated carbocycles. The van der Waals surface area contributed by atoms with Crippen LogP contribution < -0.4 is 0 Å². The largest absolute Gasteiger partial charge is 0.456 e. The molecule has 86 valence electrons. The Morgan fingerprint density at radius 1 is 1.19 bits per heavy atom. The Bertz CT molecular complexity index is 350. The molecule has 1 aromatic carbocycles. The van der Waals surface area contributed by atoms with E-state index >= 15 is 0 Å². The van der Waals surface area contributed by atoms with Gasteiger partial charge in [0.2, 0.25) is 0 Å². The lowest BCUT2D eigenvalue weighted by Gasteiger charge is -2.25. The summed E-state index contributed by atoms with van der Waals surface area (Å²) in [7, 11) is 0. The predicted octanol–water partition coefficient (Wildman–Crippen LogP) is 3.61. The van der Waals surface area contributed by atoms with E-state index in [1.807, 2.05) is 30.3 Å². The summed E-state index contributed by atoms with van der Waals surface area (Å²) in [6, 6.07) is 9.93. The lowest BCUT2D eigenvalue weighted by atomic mass is 10.0. The molecular weight excluding hydrogens is 268 g/mol. The highest BCUT2D eigenvalue weighted by atomic mass is 79.9. The molecule has 0 spiro atoms. The van der Waals surface area contributed by atoms with E-state index in [1.54, 1.807) is 0 Å². The molecule has 2 unspecified atom stereocenters. The third-order valence-electron chi connectivity index (χ3n) is 2.83. The van der Waals surface area contributed by atoms with Crippen molar-refractivity contribution >= 4 is 21.9 Å². The summed E-state index contributed by atoms with van der Waals surface area (Å²) >= 11 is 3.63. The number of carbonyl (C=O) groups is 1. The second-order valence-electron chi connectivity index (χ2n) is 4.08. The van der Waals surface area contributed by atoms with Gasteiger partial charge in [0.1, 0.15) is 6.10 Å². The van der Waals surface area contributed by atoms with Crippen LogP contribution in [0.4, 0.5) is 0 Å². The van der Waals surface area contributed by atoms with Crippen molar-refractivity contribution in [2.45, 2.75) is 36.6 Å². The van der Waals surface area contributed by atoms with Gasteiger partial charge < -0.3 is 4.74 Å². The second-order valence-corrected chi connectivity index (χ2v) is 5.26. The van der Waals surface area contributed by atoms with Crippen molar-refractivity contribution in [3.8, 4) is 0 Å². The number of cyclic esters (lactones) is 1. The minimum absolute atomic E-state index is 0.0852. The van der Waals surface area contributed by atoms with Gasteiger partial charge in [-0.25, -0.2) is 0 Å². The van der Waals surface area contributed by atoms with Gasteiger partial charge >= 0.3 is 5.97 Å². The van der Waals surface area contributed by atoms with Crippen LogP contribution in [-0.4, -0.2) is 10.8 Å². The number of rotatable bonds is 1. The Labute approximate surface area is 104 Å². The van der Waals surface area contributed by atoms with E-state index in [4.69, 9.17) is 4.74 Å². The lowest BCUT2D eigenvalue weighted by molar-refractivity contribution is -0.150. The van der Waals surface area contributed by atoms with Gasteiger partial charge in [0.05, 0.1) is 4.83 Å². The average molecular weight is 283 g/mol. The molecule has 1 aliphatic heterocycles. The zero-order valence-electron chi connectivity index (χ0n) is 9.06. The summed E-state index contributed by atoms with van der Waals surface area (Å²) in [5.41, 5.74) is 1.07. The van der Waals surface area contributed by atoms with Crippen LogP contribution in [0.2, 0.25) is 0 Å². The molecule has 0 aliphatic carbocycles. The summed E-state index contributed by atoms with van der Waals surface area (Å²) in [6.45, 7) is 0. The van der Waals surface area contributed by atoms with Crippen LogP contribution in [0, 0.1) is 0 Å². The molecule has 1 aromatic rings. The highest BCUT2D eigenvalue weighted by Crippen LogP contribution is 2.32. The van der Waals surface area contributed by atoms with Gasteiger partial charge in [-0.15, -0.1) is 0 Å². The minimum atomic E-state index is -0.144. The molecule has 0 N–H and O–H groups in total. The van der Waals surface area contributed by atoms with Gasteiger partial charge in [0, 0.05) is 6.42 Å². The van der Waals surface area contributed by atoms with E-state index in [-0.39, 0.29) is 16.9 Å². The molecule has 0 aromatic heterocycles. The number of hydrogen-bond donors (Lipinski definition) is 0. The maximum atomic E-state index is 11.5. The van der Waals surface area contributed by atoms with Gasteiger partial charge in [-0.1, -0.05) is 52.7 Å². The van der Waals surface area contributed by atoms with Crippen LogP contribution >= 0.6 is 15.9 Å². The SMILES string of the molecule is O=C1CCCCC(Br)C(c2ccccc2)O1. The van der Waals surface area contributed by atoms with Crippen molar-refractivity contribution in [1.82, 2.24) is 0 Å². The number of halogens is 1. The van der Waals surface area contributed by atoms with Crippen LogP contribution in [0.1, 0.15) is 37.4 Å². The van der Waals surface area contributed by atoms with Gasteiger partial charge in [-0.05, 0) is 18.4 Å². The Balaban J connectivity index is 2.18. The third-order valence-corrected chi connectivity index (χ3v) is 3.76. The fourth-order valence-corrected chi connectivity index (χ4v) is 2.69. The molecule has 1 aliphatic rings. The molecule has 0 amide bonds. The van der Waals surface area contributed by atoms with Crippen LogP contribution in [0.3, 0.4) is 0 Å². The molecule has 0 radical (unpaired) electrons. The molecule has 2 nitrogen and oxygen atoms in total. The highest BCUT2D eigenvalue weighted by Gasteiger charge is 2.26. The summed E-state index contributed by atoms with van der Waals surface area (Å²) in [4.78, 5) is 11.7.